The van der Waals surface area contributed by atoms with E-state index < -0.39 is 0 Å². The first kappa shape index (κ1) is 14.3. The van der Waals surface area contributed by atoms with E-state index in [1.165, 1.54) is 36.0 Å². The topological polar surface area (TPSA) is 40.5 Å². The Labute approximate surface area is 132 Å². The van der Waals surface area contributed by atoms with Crippen LogP contribution in [0.2, 0.25) is 0 Å². The molecule has 118 valence electrons. The molecule has 22 heavy (non-hydrogen) atoms. The molecule has 0 aromatic heterocycles. The van der Waals surface area contributed by atoms with E-state index in [1.807, 2.05) is 19.1 Å². The molecule has 2 nitrogen and oxygen atoms in total. The van der Waals surface area contributed by atoms with Crippen molar-refractivity contribution in [2.75, 3.05) is 0 Å². The summed E-state index contributed by atoms with van der Waals surface area (Å²) in [5, 5.41) is 19.9. The maximum Gasteiger partial charge on any atom is 0.115 e. The quantitative estimate of drug-likeness (QED) is 0.764. The summed E-state index contributed by atoms with van der Waals surface area (Å²) < 4.78 is 0. The summed E-state index contributed by atoms with van der Waals surface area (Å²) in [5.41, 5.74) is 4.31. The molecule has 0 aliphatic heterocycles. The van der Waals surface area contributed by atoms with Gasteiger partial charge in [0.25, 0.3) is 0 Å². The maximum atomic E-state index is 10.1. The molecule has 0 amide bonds. The zero-order chi connectivity index (χ0) is 15.5. The average Bonchev–Trinajstić information content (AvgIpc) is 2.84. The number of benzene rings is 1. The van der Waals surface area contributed by atoms with Crippen LogP contribution in [0.4, 0.5) is 0 Å². The van der Waals surface area contributed by atoms with Crippen molar-refractivity contribution < 1.29 is 10.2 Å². The molecular formula is C20H26O2. The third-order valence-electron chi connectivity index (χ3n) is 6.80. The van der Waals surface area contributed by atoms with E-state index >= 15 is 0 Å². The number of phenolic OH excluding ortho intramolecular Hbond substituents is 1. The van der Waals surface area contributed by atoms with E-state index in [4.69, 9.17) is 0 Å². The Balaban J connectivity index is 1.68. The molecule has 1 unspecified atom stereocenters. The average molecular weight is 298 g/mol. The third kappa shape index (κ3) is 1.89. The molecule has 5 atom stereocenters. The second kappa shape index (κ2) is 4.86. The van der Waals surface area contributed by atoms with Crippen LogP contribution in [0.5, 0.6) is 5.75 Å². The van der Waals surface area contributed by atoms with Crippen LogP contribution in [0.1, 0.15) is 56.6 Å². The predicted octanol–water partition coefficient (Wildman–Crippen LogP) is 4.17. The van der Waals surface area contributed by atoms with Crippen LogP contribution in [0, 0.1) is 17.3 Å². The SMILES string of the molecule is CC(O)C1=CC[C@H]2[C@@H]3CCc4cc(O)ccc4[C@H]3CC[C@]12C. The molecule has 2 heteroatoms. The van der Waals surface area contributed by atoms with Gasteiger partial charge >= 0.3 is 0 Å². The number of phenols is 1. The summed E-state index contributed by atoms with van der Waals surface area (Å²) >= 11 is 0. The molecule has 1 fully saturated rings. The van der Waals surface area contributed by atoms with Gasteiger partial charge in [-0.05, 0) is 91.0 Å². The number of rotatable bonds is 1. The Hall–Kier alpha value is -1.28. The van der Waals surface area contributed by atoms with Crippen LogP contribution >= 0.6 is 0 Å². The largest absolute Gasteiger partial charge is 0.508 e. The van der Waals surface area contributed by atoms with Crippen LogP contribution in [0.15, 0.2) is 29.8 Å². The molecule has 4 rings (SSSR count). The van der Waals surface area contributed by atoms with Crippen molar-refractivity contribution in [2.24, 2.45) is 17.3 Å². The molecule has 3 aliphatic carbocycles. The van der Waals surface area contributed by atoms with E-state index in [0.29, 0.717) is 17.6 Å². The smallest absolute Gasteiger partial charge is 0.115 e. The van der Waals surface area contributed by atoms with Crippen molar-refractivity contribution in [1.29, 1.82) is 0 Å². The van der Waals surface area contributed by atoms with Gasteiger partial charge in [0.15, 0.2) is 0 Å². The lowest BCUT2D eigenvalue weighted by molar-refractivity contribution is 0.0581. The second-order valence-electron chi connectivity index (χ2n) is 7.83. The number of aromatic hydroxyl groups is 1. The zero-order valence-electron chi connectivity index (χ0n) is 13.5. The Morgan fingerprint density at radius 2 is 2.09 bits per heavy atom. The van der Waals surface area contributed by atoms with Gasteiger partial charge in [-0.2, -0.15) is 0 Å². The summed E-state index contributed by atoms with van der Waals surface area (Å²) in [5.74, 6) is 2.45. The summed E-state index contributed by atoms with van der Waals surface area (Å²) in [6.45, 7) is 4.30. The Bertz CT molecular complexity index is 631. The molecular weight excluding hydrogens is 272 g/mol. The summed E-state index contributed by atoms with van der Waals surface area (Å²) in [7, 11) is 0. The first-order valence-corrected chi connectivity index (χ1v) is 8.71. The van der Waals surface area contributed by atoms with Crippen molar-refractivity contribution in [3.05, 3.63) is 41.0 Å². The lowest BCUT2D eigenvalue weighted by Gasteiger charge is -2.50. The number of hydrogen-bond acceptors (Lipinski definition) is 2. The minimum Gasteiger partial charge on any atom is -0.508 e. The highest BCUT2D eigenvalue weighted by atomic mass is 16.3. The first-order valence-electron chi connectivity index (χ1n) is 8.71. The molecule has 1 aromatic rings. The number of fused-ring (bicyclic) bond motifs is 5. The summed E-state index contributed by atoms with van der Waals surface area (Å²) in [6.07, 6.45) is 7.84. The van der Waals surface area contributed by atoms with Crippen molar-refractivity contribution in [1.82, 2.24) is 0 Å². The van der Waals surface area contributed by atoms with E-state index in [0.717, 1.165) is 18.8 Å². The fourth-order valence-electron chi connectivity index (χ4n) is 5.82. The molecule has 0 radical (unpaired) electrons. The fourth-order valence-corrected chi connectivity index (χ4v) is 5.82. The highest BCUT2D eigenvalue weighted by Gasteiger charge is 2.52. The van der Waals surface area contributed by atoms with Gasteiger partial charge in [0.1, 0.15) is 5.75 Å². The molecule has 1 saturated carbocycles. The standard InChI is InChI=1S/C20H26O2/c1-12(21)18-7-8-19-17-5-3-13-11-14(22)4-6-15(13)16(17)9-10-20(18,19)2/h4,6-7,11-12,16-17,19,21-22H,3,5,8-10H2,1-2H3/t12?,16-,17-,19+,20-/m1/s1. The van der Waals surface area contributed by atoms with Crippen LogP contribution in [-0.4, -0.2) is 16.3 Å². The van der Waals surface area contributed by atoms with E-state index in [9.17, 15) is 10.2 Å². The number of aliphatic hydroxyl groups is 1. The summed E-state index contributed by atoms with van der Waals surface area (Å²) in [6, 6.07) is 5.97. The number of aryl methyl sites for hydroxylation is 1. The number of aliphatic hydroxyl groups excluding tert-OH is 1. The number of allylic oxidation sites excluding steroid dienone is 1. The van der Waals surface area contributed by atoms with Crippen LogP contribution in [-0.2, 0) is 6.42 Å². The van der Waals surface area contributed by atoms with Crippen molar-refractivity contribution in [3.63, 3.8) is 0 Å². The predicted molar refractivity (Wildman–Crippen MR) is 87.9 cm³/mol. The van der Waals surface area contributed by atoms with Crippen molar-refractivity contribution in [2.45, 2.75) is 58.0 Å². The molecule has 0 spiro atoms. The molecule has 0 bridgehead atoms. The Morgan fingerprint density at radius 3 is 2.86 bits per heavy atom. The minimum absolute atomic E-state index is 0.198. The Morgan fingerprint density at radius 1 is 1.27 bits per heavy atom. The van der Waals surface area contributed by atoms with Crippen LogP contribution in [0.3, 0.4) is 0 Å². The normalized spacial score (nSPS) is 37.8. The first-order chi connectivity index (χ1) is 10.5. The van der Waals surface area contributed by atoms with Gasteiger partial charge in [-0.1, -0.05) is 19.1 Å². The highest BCUT2D eigenvalue weighted by Crippen LogP contribution is 2.61. The van der Waals surface area contributed by atoms with Gasteiger partial charge in [-0.25, -0.2) is 0 Å². The van der Waals surface area contributed by atoms with Gasteiger partial charge in [-0.3, -0.25) is 0 Å². The monoisotopic (exact) mass is 298 g/mol. The third-order valence-corrected chi connectivity index (χ3v) is 6.80. The van der Waals surface area contributed by atoms with Crippen molar-refractivity contribution in [3.8, 4) is 5.75 Å². The van der Waals surface area contributed by atoms with Gasteiger partial charge < -0.3 is 10.2 Å². The van der Waals surface area contributed by atoms with E-state index in [-0.39, 0.29) is 11.5 Å². The van der Waals surface area contributed by atoms with E-state index in [1.54, 1.807) is 0 Å². The van der Waals surface area contributed by atoms with Gasteiger partial charge in [0, 0.05) is 0 Å². The second-order valence-corrected chi connectivity index (χ2v) is 7.83. The molecule has 0 heterocycles. The maximum absolute atomic E-state index is 10.1. The fraction of sp³-hybridized carbons (Fsp3) is 0.600. The molecule has 2 N–H and O–H groups in total. The zero-order valence-corrected chi connectivity index (χ0v) is 13.5. The highest BCUT2D eigenvalue weighted by molar-refractivity contribution is 5.41. The lowest BCUT2D eigenvalue weighted by atomic mass is 9.54. The van der Waals surface area contributed by atoms with Gasteiger partial charge in [0.2, 0.25) is 0 Å². The van der Waals surface area contributed by atoms with Crippen molar-refractivity contribution >= 4 is 0 Å². The molecule has 1 aromatic carbocycles. The van der Waals surface area contributed by atoms with Crippen LogP contribution < -0.4 is 0 Å². The number of hydrogen-bond donors (Lipinski definition) is 2. The van der Waals surface area contributed by atoms with Crippen LogP contribution in [0.25, 0.3) is 0 Å². The minimum atomic E-state index is -0.306. The molecule has 0 saturated heterocycles. The Kier molecular flexibility index (Phi) is 3.16. The van der Waals surface area contributed by atoms with Gasteiger partial charge in [0.05, 0.1) is 6.10 Å². The lowest BCUT2D eigenvalue weighted by Crippen LogP contribution is -2.42. The molecule has 3 aliphatic rings. The summed E-state index contributed by atoms with van der Waals surface area (Å²) in [4.78, 5) is 0. The van der Waals surface area contributed by atoms with Gasteiger partial charge in [-0.15, -0.1) is 0 Å². The van der Waals surface area contributed by atoms with E-state index in [2.05, 4.69) is 19.1 Å².